The van der Waals surface area contributed by atoms with Gasteiger partial charge in [0.2, 0.25) is 0 Å². The molecular formula is C22H23F5N2O. The average Bonchev–Trinajstić information content (AvgIpc) is 3.24. The third-order valence-corrected chi connectivity index (χ3v) is 6.09. The lowest BCUT2D eigenvalue weighted by molar-refractivity contribution is -0.136. The number of carbonyl (C=O) groups excluding carboxylic acids is 1. The minimum Gasteiger partial charge on any atom is -0.370 e. The third kappa shape index (κ3) is 4.27. The maximum atomic E-state index is 13.4. The Balaban J connectivity index is 1.55. The van der Waals surface area contributed by atoms with E-state index in [0.717, 1.165) is 12.5 Å². The van der Waals surface area contributed by atoms with Crippen molar-refractivity contribution in [2.45, 2.75) is 44.7 Å². The van der Waals surface area contributed by atoms with Crippen molar-refractivity contribution in [3.05, 3.63) is 36.0 Å². The quantitative estimate of drug-likeness (QED) is 0.574. The molecule has 1 unspecified atom stereocenters. The zero-order valence-electron chi connectivity index (χ0n) is 16.6. The second-order valence-electron chi connectivity index (χ2n) is 8.75. The molecule has 3 atom stereocenters. The summed E-state index contributed by atoms with van der Waals surface area (Å²) in [6.45, 7) is 3.19. The number of hydrogen-bond donors (Lipinski definition) is 0. The molecule has 0 N–H and O–H groups in total. The number of Topliss-reactive ketones (excluding diaryl/α,β-unsaturated/α-hetero) is 1. The molecule has 162 valence electrons. The van der Waals surface area contributed by atoms with E-state index in [4.69, 9.17) is 0 Å². The predicted molar refractivity (Wildman–Crippen MR) is 104 cm³/mol. The van der Waals surface area contributed by atoms with Crippen LogP contribution in [0.1, 0.15) is 38.2 Å². The van der Waals surface area contributed by atoms with Gasteiger partial charge in [-0.2, -0.15) is 13.2 Å². The summed E-state index contributed by atoms with van der Waals surface area (Å²) in [7, 11) is 0. The summed E-state index contributed by atoms with van der Waals surface area (Å²) in [6.07, 6.45) is -2.44. The van der Waals surface area contributed by atoms with Crippen LogP contribution >= 0.6 is 0 Å². The van der Waals surface area contributed by atoms with E-state index in [1.807, 2.05) is 11.8 Å². The van der Waals surface area contributed by atoms with E-state index in [9.17, 15) is 26.7 Å². The van der Waals surface area contributed by atoms with E-state index in [1.54, 1.807) is 12.1 Å². The molecule has 4 rings (SSSR count). The largest absolute Gasteiger partial charge is 0.418 e. The standard InChI is InChI=1S/C22H23F5N2O/c1-13-7-14(8-16(30)9-15-10-21(15,23)24)12-29(11-13)19-5-4-18(22(25,26)27)20-17(19)3-2-6-28-20/h2-6,13-15H,7-12H2,1H3/t13-,14-,15?/m0/s1. The Bertz CT molecular complexity index is 958. The molecule has 0 amide bonds. The third-order valence-electron chi connectivity index (χ3n) is 6.09. The number of anilines is 1. The van der Waals surface area contributed by atoms with Crippen molar-refractivity contribution in [2.24, 2.45) is 17.8 Å². The molecule has 3 nitrogen and oxygen atoms in total. The van der Waals surface area contributed by atoms with Crippen LogP contribution in [0, 0.1) is 17.8 Å². The van der Waals surface area contributed by atoms with Gasteiger partial charge in [-0.1, -0.05) is 6.92 Å². The Hall–Kier alpha value is -2.25. The SMILES string of the molecule is C[C@H]1C[C@@H](CC(=O)CC2CC2(F)F)CN(c2ccc(C(F)(F)F)c3ncccc23)C1. The topological polar surface area (TPSA) is 33.2 Å². The fourth-order valence-corrected chi connectivity index (χ4v) is 4.66. The van der Waals surface area contributed by atoms with Crippen LogP contribution in [0.2, 0.25) is 0 Å². The number of hydrogen-bond acceptors (Lipinski definition) is 3. The molecule has 0 spiro atoms. The summed E-state index contributed by atoms with van der Waals surface area (Å²) in [4.78, 5) is 18.3. The maximum absolute atomic E-state index is 13.4. The second-order valence-corrected chi connectivity index (χ2v) is 8.75. The Morgan fingerprint density at radius 1 is 1.20 bits per heavy atom. The van der Waals surface area contributed by atoms with Gasteiger partial charge in [0.15, 0.2) is 0 Å². The highest BCUT2D eigenvalue weighted by atomic mass is 19.4. The number of benzene rings is 1. The van der Waals surface area contributed by atoms with E-state index in [1.165, 1.54) is 12.3 Å². The first-order chi connectivity index (χ1) is 14.0. The summed E-state index contributed by atoms with van der Waals surface area (Å²) >= 11 is 0. The first kappa shape index (κ1) is 21.0. The Morgan fingerprint density at radius 2 is 1.93 bits per heavy atom. The van der Waals surface area contributed by atoms with Crippen molar-refractivity contribution < 1.29 is 26.7 Å². The van der Waals surface area contributed by atoms with Gasteiger partial charge in [-0.05, 0) is 42.5 Å². The van der Waals surface area contributed by atoms with Gasteiger partial charge in [0.05, 0.1) is 11.1 Å². The molecule has 1 aromatic heterocycles. The van der Waals surface area contributed by atoms with Crippen LogP contribution in [-0.2, 0) is 11.0 Å². The number of aromatic nitrogens is 1. The van der Waals surface area contributed by atoms with Crippen LogP contribution in [0.3, 0.4) is 0 Å². The molecule has 2 aliphatic rings. The molecule has 2 fully saturated rings. The van der Waals surface area contributed by atoms with Crippen molar-refractivity contribution in [2.75, 3.05) is 18.0 Å². The van der Waals surface area contributed by atoms with Crippen LogP contribution < -0.4 is 4.90 Å². The van der Waals surface area contributed by atoms with Gasteiger partial charge in [0.1, 0.15) is 5.78 Å². The predicted octanol–water partition coefficient (Wildman–Crippen LogP) is 5.72. The smallest absolute Gasteiger partial charge is 0.370 e. The summed E-state index contributed by atoms with van der Waals surface area (Å²) in [6, 6.07) is 5.76. The number of nitrogens with zero attached hydrogens (tertiary/aromatic N) is 2. The van der Waals surface area contributed by atoms with Gasteiger partial charge in [-0.15, -0.1) is 0 Å². The molecule has 2 heterocycles. The minimum absolute atomic E-state index is 0.0114. The molecule has 8 heteroatoms. The van der Waals surface area contributed by atoms with Crippen LogP contribution in [0.4, 0.5) is 27.6 Å². The van der Waals surface area contributed by atoms with E-state index in [0.29, 0.717) is 24.2 Å². The van der Waals surface area contributed by atoms with E-state index < -0.39 is 23.6 Å². The number of ketones is 1. The Morgan fingerprint density at radius 3 is 2.60 bits per heavy atom. The lowest BCUT2D eigenvalue weighted by Crippen LogP contribution is -2.40. The van der Waals surface area contributed by atoms with Gasteiger partial charge < -0.3 is 4.90 Å². The molecular weight excluding hydrogens is 403 g/mol. The number of alkyl halides is 5. The van der Waals surface area contributed by atoms with E-state index >= 15 is 0 Å². The summed E-state index contributed by atoms with van der Waals surface area (Å²) in [5.41, 5.74) is -0.211. The highest BCUT2D eigenvalue weighted by molar-refractivity contribution is 5.94. The first-order valence-electron chi connectivity index (χ1n) is 10.1. The fourth-order valence-electron chi connectivity index (χ4n) is 4.66. The molecule has 1 saturated heterocycles. The average molecular weight is 426 g/mol. The summed E-state index contributed by atoms with van der Waals surface area (Å²) in [5.74, 6) is -3.47. The number of rotatable bonds is 5. The van der Waals surface area contributed by atoms with Crippen LogP contribution in [0.15, 0.2) is 30.5 Å². The molecule has 1 aliphatic carbocycles. The molecule has 2 aromatic rings. The van der Waals surface area contributed by atoms with Gasteiger partial charge in [0.25, 0.3) is 5.92 Å². The van der Waals surface area contributed by atoms with Gasteiger partial charge in [-0.3, -0.25) is 9.78 Å². The zero-order valence-corrected chi connectivity index (χ0v) is 16.6. The maximum Gasteiger partial charge on any atom is 0.418 e. The van der Waals surface area contributed by atoms with Gasteiger partial charge in [-0.25, -0.2) is 8.78 Å². The minimum atomic E-state index is -4.50. The van der Waals surface area contributed by atoms with E-state index in [-0.39, 0.29) is 42.4 Å². The molecule has 0 radical (unpaired) electrons. The molecule has 1 aromatic carbocycles. The van der Waals surface area contributed by atoms with Crippen LogP contribution in [0.5, 0.6) is 0 Å². The number of carbonyl (C=O) groups is 1. The lowest BCUT2D eigenvalue weighted by atomic mass is 9.85. The number of pyridine rings is 1. The highest BCUT2D eigenvalue weighted by Gasteiger charge is 2.57. The van der Waals surface area contributed by atoms with Crippen molar-refractivity contribution in [1.82, 2.24) is 4.98 Å². The molecule has 0 bridgehead atoms. The molecule has 30 heavy (non-hydrogen) atoms. The van der Waals surface area contributed by atoms with Gasteiger partial charge in [0, 0.05) is 55.5 Å². The lowest BCUT2D eigenvalue weighted by Gasteiger charge is -2.38. The highest BCUT2D eigenvalue weighted by Crippen LogP contribution is 2.51. The van der Waals surface area contributed by atoms with Crippen LogP contribution in [-0.4, -0.2) is 29.8 Å². The monoisotopic (exact) mass is 426 g/mol. The van der Waals surface area contributed by atoms with Crippen LogP contribution in [0.25, 0.3) is 10.9 Å². The van der Waals surface area contributed by atoms with Crippen molar-refractivity contribution >= 4 is 22.4 Å². The van der Waals surface area contributed by atoms with Crippen molar-refractivity contribution in [3.63, 3.8) is 0 Å². The number of halogens is 5. The second kappa shape index (κ2) is 7.46. The van der Waals surface area contributed by atoms with Gasteiger partial charge >= 0.3 is 6.18 Å². The van der Waals surface area contributed by atoms with E-state index in [2.05, 4.69) is 4.98 Å². The Kier molecular flexibility index (Phi) is 5.22. The summed E-state index contributed by atoms with van der Waals surface area (Å²) in [5, 5.41) is 0.420. The number of fused-ring (bicyclic) bond motifs is 1. The molecule has 1 saturated carbocycles. The molecule has 1 aliphatic heterocycles. The zero-order chi connectivity index (χ0) is 21.7. The fraction of sp³-hybridized carbons (Fsp3) is 0.545. The normalized spacial score (nSPS) is 26.1. The van der Waals surface area contributed by atoms with Crippen molar-refractivity contribution in [1.29, 1.82) is 0 Å². The number of piperidine rings is 1. The first-order valence-corrected chi connectivity index (χ1v) is 10.1. The Labute approximate surface area is 171 Å². The summed E-state index contributed by atoms with van der Waals surface area (Å²) < 4.78 is 66.3. The van der Waals surface area contributed by atoms with Crippen molar-refractivity contribution in [3.8, 4) is 0 Å².